The average molecular weight is 290 g/mol. The highest BCUT2D eigenvalue weighted by Crippen LogP contribution is 2.22. The Morgan fingerprint density at radius 3 is 2.71 bits per heavy atom. The van der Waals surface area contributed by atoms with E-state index in [1.807, 2.05) is 30.9 Å². The topological polar surface area (TPSA) is 32.8 Å². The maximum Gasteiger partial charge on any atom is 0.263 e. The largest absolute Gasteiger partial charge is 0.481 e. The Bertz CT molecular complexity index is 502. The number of carbonyl (C=O) groups is 1. The normalized spacial score (nSPS) is 18.2. The summed E-state index contributed by atoms with van der Waals surface area (Å²) in [6, 6.07) is 5.96. The summed E-state index contributed by atoms with van der Waals surface area (Å²) < 4.78 is 5.90. The van der Waals surface area contributed by atoms with Crippen LogP contribution in [0.15, 0.2) is 18.2 Å². The SMILES string of the molecule is Cc1cccc(O[C@H](C)C(=O)N2CCCN(C)CC2)c1C. The van der Waals surface area contributed by atoms with E-state index in [1.54, 1.807) is 0 Å². The minimum atomic E-state index is -0.436. The lowest BCUT2D eigenvalue weighted by Crippen LogP contribution is -2.42. The van der Waals surface area contributed by atoms with Gasteiger partial charge in [0.25, 0.3) is 5.91 Å². The second-order valence-corrected chi connectivity index (χ2v) is 5.94. The van der Waals surface area contributed by atoms with Crippen LogP contribution in [-0.4, -0.2) is 55.0 Å². The molecule has 0 saturated carbocycles. The van der Waals surface area contributed by atoms with Gasteiger partial charge in [-0.15, -0.1) is 0 Å². The van der Waals surface area contributed by atoms with E-state index in [1.165, 1.54) is 5.56 Å². The Balaban J connectivity index is 2.00. The van der Waals surface area contributed by atoms with E-state index in [0.717, 1.165) is 43.9 Å². The molecular formula is C17H26N2O2. The Kier molecular flexibility index (Phi) is 5.23. The first-order valence-corrected chi connectivity index (χ1v) is 7.69. The van der Waals surface area contributed by atoms with E-state index >= 15 is 0 Å². The molecule has 1 aliphatic heterocycles. The van der Waals surface area contributed by atoms with Crippen LogP contribution in [0.5, 0.6) is 5.75 Å². The quantitative estimate of drug-likeness (QED) is 0.856. The predicted octanol–water partition coefficient (Wildman–Crippen LogP) is 2.23. The molecule has 0 unspecified atom stereocenters. The summed E-state index contributed by atoms with van der Waals surface area (Å²) in [6.07, 6.45) is 0.590. The predicted molar refractivity (Wildman–Crippen MR) is 84.7 cm³/mol. The third-order valence-electron chi connectivity index (χ3n) is 4.24. The number of hydrogen-bond donors (Lipinski definition) is 0. The number of hydrogen-bond acceptors (Lipinski definition) is 3. The number of likely N-dealkylation sites (N-methyl/N-ethyl adjacent to an activating group) is 1. The van der Waals surface area contributed by atoms with Gasteiger partial charge < -0.3 is 14.5 Å². The smallest absolute Gasteiger partial charge is 0.263 e. The van der Waals surface area contributed by atoms with Crippen LogP contribution in [0, 0.1) is 13.8 Å². The van der Waals surface area contributed by atoms with E-state index < -0.39 is 6.10 Å². The molecular weight excluding hydrogens is 264 g/mol. The second-order valence-electron chi connectivity index (χ2n) is 5.94. The van der Waals surface area contributed by atoms with Gasteiger partial charge >= 0.3 is 0 Å². The van der Waals surface area contributed by atoms with Crippen LogP contribution in [0.4, 0.5) is 0 Å². The summed E-state index contributed by atoms with van der Waals surface area (Å²) in [5.74, 6) is 0.897. The van der Waals surface area contributed by atoms with Crippen LogP contribution in [-0.2, 0) is 4.79 Å². The van der Waals surface area contributed by atoms with Crippen molar-refractivity contribution in [1.82, 2.24) is 9.80 Å². The third-order valence-corrected chi connectivity index (χ3v) is 4.24. The molecule has 4 heteroatoms. The summed E-state index contributed by atoms with van der Waals surface area (Å²) in [5.41, 5.74) is 2.29. The van der Waals surface area contributed by atoms with Crippen molar-refractivity contribution in [1.29, 1.82) is 0 Å². The summed E-state index contributed by atoms with van der Waals surface area (Å²) in [7, 11) is 2.10. The van der Waals surface area contributed by atoms with Crippen molar-refractivity contribution in [3.8, 4) is 5.75 Å². The molecule has 0 spiro atoms. The van der Waals surface area contributed by atoms with E-state index in [9.17, 15) is 4.79 Å². The molecule has 1 heterocycles. The van der Waals surface area contributed by atoms with Crippen molar-refractivity contribution in [2.75, 3.05) is 33.2 Å². The number of aryl methyl sites for hydroxylation is 1. The van der Waals surface area contributed by atoms with E-state index in [-0.39, 0.29) is 5.91 Å². The first-order chi connectivity index (χ1) is 9.99. The third kappa shape index (κ3) is 3.97. The lowest BCUT2D eigenvalue weighted by atomic mass is 10.1. The van der Waals surface area contributed by atoms with Gasteiger partial charge in [0.1, 0.15) is 5.75 Å². The zero-order valence-electron chi connectivity index (χ0n) is 13.6. The fraction of sp³-hybridized carbons (Fsp3) is 0.588. The van der Waals surface area contributed by atoms with E-state index in [0.29, 0.717) is 0 Å². The van der Waals surface area contributed by atoms with Gasteiger partial charge in [-0.2, -0.15) is 0 Å². The van der Waals surface area contributed by atoms with Crippen molar-refractivity contribution >= 4 is 5.91 Å². The Morgan fingerprint density at radius 1 is 1.19 bits per heavy atom. The van der Waals surface area contributed by atoms with Crippen LogP contribution >= 0.6 is 0 Å². The van der Waals surface area contributed by atoms with Gasteiger partial charge in [0, 0.05) is 19.6 Å². The molecule has 1 aromatic carbocycles. The molecule has 1 amide bonds. The maximum atomic E-state index is 12.5. The molecule has 1 aliphatic rings. The molecule has 21 heavy (non-hydrogen) atoms. The van der Waals surface area contributed by atoms with Crippen molar-refractivity contribution in [2.24, 2.45) is 0 Å². The molecule has 0 aliphatic carbocycles. The van der Waals surface area contributed by atoms with Crippen molar-refractivity contribution in [3.63, 3.8) is 0 Å². The Hall–Kier alpha value is -1.55. The number of amides is 1. The van der Waals surface area contributed by atoms with E-state index in [4.69, 9.17) is 4.74 Å². The number of ether oxygens (including phenoxy) is 1. The summed E-state index contributed by atoms with van der Waals surface area (Å²) in [4.78, 5) is 16.7. The monoisotopic (exact) mass is 290 g/mol. The molecule has 4 nitrogen and oxygen atoms in total. The zero-order valence-corrected chi connectivity index (χ0v) is 13.6. The Morgan fingerprint density at radius 2 is 1.95 bits per heavy atom. The molecule has 0 aromatic heterocycles. The van der Waals surface area contributed by atoms with Gasteiger partial charge in [0.2, 0.25) is 0 Å². The zero-order chi connectivity index (χ0) is 15.4. The van der Waals surface area contributed by atoms with Crippen LogP contribution in [0.2, 0.25) is 0 Å². The molecule has 1 fully saturated rings. The summed E-state index contributed by atoms with van der Waals surface area (Å²) in [5, 5.41) is 0. The first-order valence-electron chi connectivity index (χ1n) is 7.69. The fourth-order valence-electron chi connectivity index (χ4n) is 2.62. The minimum Gasteiger partial charge on any atom is -0.481 e. The minimum absolute atomic E-state index is 0.0891. The molecule has 116 valence electrons. The maximum absolute atomic E-state index is 12.5. The number of carbonyl (C=O) groups excluding carboxylic acids is 1. The molecule has 0 N–H and O–H groups in total. The second kappa shape index (κ2) is 6.94. The molecule has 1 atom stereocenters. The molecule has 2 rings (SSSR count). The van der Waals surface area contributed by atoms with Crippen molar-refractivity contribution in [2.45, 2.75) is 33.3 Å². The van der Waals surface area contributed by atoms with Crippen LogP contribution < -0.4 is 4.74 Å². The number of rotatable bonds is 3. The Labute approximate surface area is 127 Å². The molecule has 1 aromatic rings. The molecule has 0 bridgehead atoms. The fourth-order valence-corrected chi connectivity index (χ4v) is 2.62. The summed E-state index contributed by atoms with van der Waals surface area (Å²) >= 11 is 0. The van der Waals surface area contributed by atoms with Crippen LogP contribution in [0.3, 0.4) is 0 Å². The van der Waals surface area contributed by atoms with Crippen LogP contribution in [0.1, 0.15) is 24.5 Å². The van der Waals surface area contributed by atoms with Gasteiger partial charge in [-0.1, -0.05) is 12.1 Å². The van der Waals surface area contributed by atoms with Gasteiger partial charge in [-0.25, -0.2) is 0 Å². The number of benzene rings is 1. The highest BCUT2D eigenvalue weighted by atomic mass is 16.5. The van der Waals surface area contributed by atoms with Gasteiger partial charge in [0.15, 0.2) is 6.10 Å². The van der Waals surface area contributed by atoms with Gasteiger partial charge in [-0.3, -0.25) is 4.79 Å². The highest BCUT2D eigenvalue weighted by molar-refractivity contribution is 5.81. The summed E-state index contributed by atoms with van der Waals surface area (Å²) in [6.45, 7) is 9.53. The van der Waals surface area contributed by atoms with Gasteiger partial charge in [-0.05, 0) is 58.0 Å². The van der Waals surface area contributed by atoms with Crippen molar-refractivity contribution < 1.29 is 9.53 Å². The highest BCUT2D eigenvalue weighted by Gasteiger charge is 2.24. The number of nitrogens with zero attached hydrogens (tertiary/aromatic N) is 2. The van der Waals surface area contributed by atoms with Gasteiger partial charge in [0.05, 0.1) is 0 Å². The molecule has 1 saturated heterocycles. The lowest BCUT2D eigenvalue weighted by Gasteiger charge is -2.25. The average Bonchev–Trinajstić information content (AvgIpc) is 2.68. The first kappa shape index (κ1) is 15.8. The van der Waals surface area contributed by atoms with Crippen LogP contribution in [0.25, 0.3) is 0 Å². The lowest BCUT2D eigenvalue weighted by molar-refractivity contribution is -0.137. The standard InChI is InChI=1S/C17H26N2O2/c1-13-7-5-8-16(14(13)2)21-15(3)17(20)19-10-6-9-18(4)11-12-19/h5,7-8,15H,6,9-12H2,1-4H3/t15-/m1/s1. The van der Waals surface area contributed by atoms with E-state index in [2.05, 4.69) is 24.9 Å². The van der Waals surface area contributed by atoms with Crippen molar-refractivity contribution in [3.05, 3.63) is 29.3 Å². The molecule has 0 radical (unpaired) electrons.